The first-order valence-corrected chi connectivity index (χ1v) is 7.99. The maximum atomic E-state index is 12.2. The molecule has 6 heteroatoms. The average Bonchev–Trinajstić information content (AvgIpc) is 2.51. The minimum Gasteiger partial charge on any atom is -0.453 e. The number of carbonyl (C=O) groups is 2. The maximum absolute atomic E-state index is 12.2. The molecule has 114 valence electrons. The van der Waals surface area contributed by atoms with Crippen molar-refractivity contribution in [1.29, 1.82) is 0 Å². The molecule has 1 aliphatic heterocycles. The van der Waals surface area contributed by atoms with Crippen LogP contribution in [0.2, 0.25) is 0 Å². The lowest BCUT2D eigenvalue weighted by Crippen LogP contribution is -2.45. The van der Waals surface area contributed by atoms with Gasteiger partial charge >= 0.3 is 0 Å². The first kappa shape index (κ1) is 16.0. The summed E-state index contributed by atoms with van der Waals surface area (Å²) in [6, 6.07) is 5.05. The standard InChI is InChI=1S/C15H18BrNO4/c1-3-4-7-20-15-14(19)17(2)11-8-10(12(18)9-16)5-6-13(11)21-15/h5-6,8,15H,3-4,7,9H2,1-2H3. The zero-order valence-corrected chi connectivity index (χ0v) is 13.7. The lowest BCUT2D eigenvalue weighted by Gasteiger charge is -2.31. The molecule has 0 bridgehead atoms. The molecule has 0 radical (unpaired) electrons. The normalized spacial score (nSPS) is 17.4. The van der Waals surface area contributed by atoms with E-state index in [0.29, 0.717) is 23.6 Å². The van der Waals surface area contributed by atoms with E-state index in [4.69, 9.17) is 9.47 Å². The number of hydrogen-bond donors (Lipinski definition) is 0. The van der Waals surface area contributed by atoms with E-state index in [9.17, 15) is 9.59 Å². The third kappa shape index (κ3) is 3.44. The number of ether oxygens (including phenoxy) is 2. The van der Waals surface area contributed by atoms with Crippen LogP contribution in [0.4, 0.5) is 5.69 Å². The Labute approximate surface area is 132 Å². The third-order valence-electron chi connectivity index (χ3n) is 3.30. The van der Waals surface area contributed by atoms with Crippen LogP contribution in [-0.4, -0.2) is 37.0 Å². The molecule has 5 nitrogen and oxygen atoms in total. The Balaban J connectivity index is 2.21. The van der Waals surface area contributed by atoms with Crippen molar-refractivity contribution in [3.63, 3.8) is 0 Å². The fourth-order valence-corrected chi connectivity index (χ4v) is 2.34. The number of rotatable bonds is 6. The zero-order valence-electron chi connectivity index (χ0n) is 12.1. The van der Waals surface area contributed by atoms with Crippen molar-refractivity contribution in [2.24, 2.45) is 0 Å². The summed E-state index contributed by atoms with van der Waals surface area (Å²) < 4.78 is 11.1. The smallest absolute Gasteiger partial charge is 0.296 e. The number of nitrogens with zero attached hydrogens (tertiary/aromatic N) is 1. The molecule has 1 aromatic carbocycles. The van der Waals surface area contributed by atoms with Crippen LogP contribution in [0.3, 0.4) is 0 Å². The first-order valence-electron chi connectivity index (χ1n) is 6.87. The fourth-order valence-electron chi connectivity index (χ4n) is 2.01. The number of benzene rings is 1. The molecular weight excluding hydrogens is 338 g/mol. The summed E-state index contributed by atoms with van der Waals surface area (Å²) in [6.07, 6.45) is 0.958. The van der Waals surface area contributed by atoms with Gasteiger partial charge in [0.25, 0.3) is 12.2 Å². The van der Waals surface area contributed by atoms with Gasteiger partial charge in [0.2, 0.25) is 0 Å². The van der Waals surface area contributed by atoms with Gasteiger partial charge in [-0.05, 0) is 24.6 Å². The van der Waals surface area contributed by atoms with Crippen molar-refractivity contribution in [2.75, 3.05) is 23.9 Å². The van der Waals surface area contributed by atoms with Crippen LogP contribution in [0, 0.1) is 0 Å². The number of anilines is 1. The number of alkyl halides is 1. The topological polar surface area (TPSA) is 55.8 Å². The van der Waals surface area contributed by atoms with Gasteiger partial charge in [-0.2, -0.15) is 0 Å². The number of likely N-dealkylation sites (N-methyl/N-ethyl adjacent to an activating group) is 1. The van der Waals surface area contributed by atoms with Gasteiger partial charge in [0.15, 0.2) is 5.78 Å². The largest absolute Gasteiger partial charge is 0.453 e. The number of amides is 1. The second-order valence-electron chi connectivity index (χ2n) is 4.81. The summed E-state index contributed by atoms with van der Waals surface area (Å²) in [5.74, 6) is 0.242. The van der Waals surface area contributed by atoms with Crippen LogP contribution in [0.15, 0.2) is 18.2 Å². The number of halogens is 1. The van der Waals surface area contributed by atoms with E-state index in [1.165, 1.54) is 4.90 Å². The highest BCUT2D eigenvalue weighted by Gasteiger charge is 2.33. The van der Waals surface area contributed by atoms with Crippen LogP contribution in [0.1, 0.15) is 30.1 Å². The molecule has 1 heterocycles. The Bertz CT molecular complexity index is 546. The van der Waals surface area contributed by atoms with Gasteiger partial charge in [-0.15, -0.1) is 0 Å². The second-order valence-corrected chi connectivity index (χ2v) is 5.37. The molecule has 0 aliphatic carbocycles. The molecule has 0 N–H and O–H groups in total. The molecule has 1 unspecified atom stereocenters. The second kappa shape index (κ2) is 7.04. The minimum atomic E-state index is -0.910. The van der Waals surface area contributed by atoms with Gasteiger partial charge in [0, 0.05) is 12.6 Å². The first-order chi connectivity index (χ1) is 10.1. The van der Waals surface area contributed by atoms with Crippen LogP contribution >= 0.6 is 15.9 Å². The molecule has 1 amide bonds. The predicted molar refractivity (Wildman–Crippen MR) is 83.3 cm³/mol. The fraction of sp³-hybridized carbons (Fsp3) is 0.467. The number of ketones is 1. The lowest BCUT2D eigenvalue weighted by atomic mass is 10.1. The van der Waals surface area contributed by atoms with Crippen molar-refractivity contribution in [1.82, 2.24) is 0 Å². The predicted octanol–water partition coefficient (Wildman–Crippen LogP) is 2.76. The van der Waals surface area contributed by atoms with Crippen molar-refractivity contribution < 1.29 is 19.1 Å². The summed E-state index contributed by atoms with van der Waals surface area (Å²) >= 11 is 3.14. The molecule has 0 fully saturated rings. The average molecular weight is 356 g/mol. The number of carbonyl (C=O) groups excluding carboxylic acids is 2. The monoisotopic (exact) mass is 355 g/mol. The van der Waals surface area contributed by atoms with Gasteiger partial charge < -0.3 is 14.4 Å². The van der Waals surface area contributed by atoms with E-state index in [-0.39, 0.29) is 17.0 Å². The molecule has 0 saturated heterocycles. The van der Waals surface area contributed by atoms with E-state index in [2.05, 4.69) is 22.9 Å². The summed E-state index contributed by atoms with van der Waals surface area (Å²) in [4.78, 5) is 25.4. The molecule has 1 atom stereocenters. The minimum absolute atomic E-state index is 0.0417. The van der Waals surface area contributed by atoms with Gasteiger partial charge in [0.05, 0.1) is 17.6 Å². The Morgan fingerprint density at radius 1 is 1.48 bits per heavy atom. The van der Waals surface area contributed by atoms with Crippen molar-refractivity contribution in [2.45, 2.75) is 26.1 Å². The highest BCUT2D eigenvalue weighted by molar-refractivity contribution is 9.09. The summed E-state index contributed by atoms with van der Waals surface area (Å²) in [5.41, 5.74) is 1.13. The third-order valence-corrected chi connectivity index (χ3v) is 3.81. The van der Waals surface area contributed by atoms with Crippen molar-refractivity contribution >= 4 is 33.3 Å². The summed E-state index contributed by atoms with van der Waals surface area (Å²) in [7, 11) is 1.66. The molecule has 0 aromatic heterocycles. The number of unbranched alkanes of at least 4 members (excludes halogenated alkanes) is 1. The van der Waals surface area contributed by atoms with Crippen LogP contribution in [-0.2, 0) is 9.53 Å². The summed E-state index contributed by atoms with van der Waals surface area (Å²) in [5, 5.41) is 0.243. The molecule has 0 spiro atoms. The Hall–Kier alpha value is -1.40. The Kier molecular flexibility index (Phi) is 5.36. The number of hydrogen-bond acceptors (Lipinski definition) is 4. The SMILES string of the molecule is CCCCOC1Oc2ccc(C(=O)CBr)cc2N(C)C1=O. The molecule has 1 aliphatic rings. The van der Waals surface area contributed by atoms with Crippen molar-refractivity contribution in [3.05, 3.63) is 23.8 Å². The van der Waals surface area contributed by atoms with E-state index >= 15 is 0 Å². The van der Waals surface area contributed by atoms with Gasteiger partial charge in [-0.1, -0.05) is 29.3 Å². The van der Waals surface area contributed by atoms with Gasteiger partial charge in [0.1, 0.15) is 5.75 Å². The van der Waals surface area contributed by atoms with E-state index in [1.54, 1.807) is 25.2 Å². The molecular formula is C15H18BrNO4. The van der Waals surface area contributed by atoms with Gasteiger partial charge in [-0.25, -0.2) is 0 Å². The number of Topliss-reactive ketones (excluding diaryl/α,β-unsaturated/α-hetero) is 1. The highest BCUT2D eigenvalue weighted by Crippen LogP contribution is 2.34. The lowest BCUT2D eigenvalue weighted by molar-refractivity contribution is -0.151. The molecule has 1 aromatic rings. The Morgan fingerprint density at radius 3 is 2.90 bits per heavy atom. The molecule has 21 heavy (non-hydrogen) atoms. The van der Waals surface area contributed by atoms with Crippen molar-refractivity contribution in [3.8, 4) is 5.75 Å². The zero-order chi connectivity index (χ0) is 15.4. The van der Waals surface area contributed by atoms with Crippen LogP contribution in [0.5, 0.6) is 5.75 Å². The maximum Gasteiger partial charge on any atom is 0.296 e. The van der Waals surface area contributed by atoms with Crippen LogP contribution < -0.4 is 9.64 Å². The van der Waals surface area contributed by atoms with Gasteiger partial charge in [-0.3, -0.25) is 9.59 Å². The highest BCUT2D eigenvalue weighted by atomic mass is 79.9. The summed E-state index contributed by atoms with van der Waals surface area (Å²) in [6.45, 7) is 2.53. The molecule has 2 rings (SSSR count). The Morgan fingerprint density at radius 2 is 2.24 bits per heavy atom. The number of fused-ring (bicyclic) bond motifs is 1. The molecule has 0 saturated carbocycles. The van der Waals surface area contributed by atoms with E-state index in [0.717, 1.165) is 12.8 Å². The van der Waals surface area contributed by atoms with E-state index < -0.39 is 6.29 Å². The van der Waals surface area contributed by atoms with E-state index in [1.807, 2.05) is 0 Å². The quantitative estimate of drug-likeness (QED) is 0.447. The van der Waals surface area contributed by atoms with Crippen LogP contribution in [0.25, 0.3) is 0 Å².